The maximum absolute atomic E-state index is 12.3. The van der Waals surface area contributed by atoms with Crippen LogP contribution in [-0.2, 0) is 16.6 Å². The molecule has 0 unspecified atom stereocenters. The van der Waals surface area contributed by atoms with Crippen molar-refractivity contribution < 1.29 is 8.42 Å². The summed E-state index contributed by atoms with van der Waals surface area (Å²) >= 11 is 6.64. The van der Waals surface area contributed by atoms with Crippen LogP contribution in [0.5, 0.6) is 0 Å². The Morgan fingerprint density at radius 1 is 1.30 bits per heavy atom. The molecule has 0 amide bonds. The lowest BCUT2D eigenvalue weighted by atomic mass is 10.2. The summed E-state index contributed by atoms with van der Waals surface area (Å²) in [6.07, 6.45) is 3.44. The van der Waals surface area contributed by atoms with Crippen molar-refractivity contribution in [1.82, 2.24) is 14.5 Å². The zero-order chi connectivity index (χ0) is 14.8. The molecule has 20 heavy (non-hydrogen) atoms. The monoisotopic (exact) mass is 421 g/mol. The van der Waals surface area contributed by atoms with Gasteiger partial charge in [0, 0.05) is 27.9 Å². The summed E-state index contributed by atoms with van der Waals surface area (Å²) in [5.41, 5.74) is 0.965. The number of nitrogens with zero attached hydrogens (tertiary/aromatic N) is 2. The summed E-state index contributed by atoms with van der Waals surface area (Å²) in [4.78, 5) is 0.218. The molecule has 0 aliphatic heterocycles. The van der Waals surface area contributed by atoms with Crippen LogP contribution in [0, 0.1) is 6.92 Å². The Morgan fingerprint density at radius 2 is 2.05 bits per heavy atom. The van der Waals surface area contributed by atoms with Crippen molar-refractivity contribution in [2.24, 2.45) is 0 Å². The molecule has 0 bridgehead atoms. The first-order valence-electron chi connectivity index (χ1n) is 5.83. The van der Waals surface area contributed by atoms with Gasteiger partial charge in [0.05, 0.1) is 11.4 Å². The number of hydrogen-bond donors (Lipinski definition) is 1. The van der Waals surface area contributed by atoms with Crippen LogP contribution in [0.1, 0.15) is 5.56 Å². The maximum Gasteiger partial charge on any atom is 0.241 e. The molecule has 1 N–H and O–H groups in total. The van der Waals surface area contributed by atoms with Crippen LogP contribution < -0.4 is 4.72 Å². The van der Waals surface area contributed by atoms with Crippen molar-refractivity contribution in [2.75, 3.05) is 6.54 Å². The van der Waals surface area contributed by atoms with Crippen molar-refractivity contribution in [3.63, 3.8) is 0 Å². The van der Waals surface area contributed by atoms with Gasteiger partial charge >= 0.3 is 0 Å². The molecule has 2 rings (SSSR count). The minimum Gasteiger partial charge on any atom is -0.271 e. The summed E-state index contributed by atoms with van der Waals surface area (Å²) in [5.74, 6) is 0. The molecule has 0 saturated carbocycles. The number of rotatable bonds is 5. The largest absolute Gasteiger partial charge is 0.271 e. The van der Waals surface area contributed by atoms with E-state index in [1.54, 1.807) is 35.3 Å². The molecule has 1 aromatic carbocycles. The lowest BCUT2D eigenvalue weighted by Crippen LogP contribution is -2.28. The molecule has 2 aromatic rings. The van der Waals surface area contributed by atoms with Gasteiger partial charge in [-0.15, -0.1) is 0 Å². The summed E-state index contributed by atoms with van der Waals surface area (Å²) in [6.45, 7) is 2.66. The van der Waals surface area contributed by atoms with Gasteiger partial charge < -0.3 is 0 Å². The third-order valence-corrected chi connectivity index (χ3v) is 5.97. The van der Waals surface area contributed by atoms with Gasteiger partial charge in [0.15, 0.2) is 0 Å². The number of benzene rings is 1. The molecular weight excluding hydrogens is 410 g/mol. The topological polar surface area (TPSA) is 64.0 Å². The smallest absolute Gasteiger partial charge is 0.241 e. The molecule has 1 aromatic heterocycles. The van der Waals surface area contributed by atoms with Crippen molar-refractivity contribution in [3.05, 3.63) is 45.1 Å². The van der Waals surface area contributed by atoms with Gasteiger partial charge in [0.1, 0.15) is 0 Å². The normalized spacial score (nSPS) is 11.8. The number of sulfonamides is 1. The van der Waals surface area contributed by atoms with Crippen molar-refractivity contribution in [3.8, 4) is 0 Å². The predicted octanol–water partition coefficient (Wildman–Crippen LogP) is 2.70. The minimum atomic E-state index is -3.55. The Bertz CT molecular complexity index is 700. The van der Waals surface area contributed by atoms with Crippen LogP contribution in [-0.4, -0.2) is 24.7 Å². The van der Waals surface area contributed by atoms with E-state index in [4.69, 9.17) is 0 Å². The molecule has 0 spiro atoms. The fraction of sp³-hybridized carbons (Fsp3) is 0.250. The average Bonchev–Trinajstić information content (AvgIpc) is 2.86. The highest BCUT2D eigenvalue weighted by atomic mass is 79.9. The highest BCUT2D eigenvalue weighted by Gasteiger charge is 2.18. The molecule has 0 atom stereocenters. The first-order valence-corrected chi connectivity index (χ1v) is 8.90. The Hall–Kier alpha value is -0.700. The van der Waals surface area contributed by atoms with Crippen molar-refractivity contribution in [2.45, 2.75) is 18.4 Å². The minimum absolute atomic E-state index is 0.218. The molecule has 0 radical (unpaired) electrons. The van der Waals surface area contributed by atoms with E-state index < -0.39 is 10.0 Å². The molecule has 0 saturated heterocycles. The molecule has 1 heterocycles. The Labute approximate surface area is 134 Å². The number of halogens is 2. The predicted molar refractivity (Wildman–Crippen MR) is 84.0 cm³/mol. The quantitative estimate of drug-likeness (QED) is 0.805. The molecule has 5 nitrogen and oxygen atoms in total. The SMILES string of the molecule is Cc1cc(Br)c(S(=O)(=O)NCCn2cccn2)cc1Br. The molecular formula is C12H13Br2N3O2S. The number of aryl methyl sites for hydroxylation is 1. The van der Waals surface area contributed by atoms with Gasteiger partial charge in [-0.1, -0.05) is 15.9 Å². The first-order chi connectivity index (χ1) is 9.40. The van der Waals surface area contributed by atoms with E-state index in [0.717, 1.165) is 10.0 Å². The van der Waals surface area contributed by atoms with Crippen LogP contribution in [0.15, 0.2) is 44.4 Å². The Kier molecular flexibility index (Phi) is 5.00. The average molecular weight is 423 g/mol. The highest BCUT2D eigenvalue weighted by Crippen LogP contribution is 2.28. The van der Waals surface area contributed by atoms with Crippen LogP contribution in [0.25, 0.3) is 0 Å². The van der Waals surface area contributed by atoms with Gasteiger partial charge in [0.25, 0.3) is 0 Å². The van der Waals surface area contributed by atoms with Crippen LogP contribution in [0.4, 0.5) is 0 Å². The van der Waals surface area contributed by atoms with Gasteiger partial charge in [-0.25, -0.2) is 13.1 Å². The number of hydrogen-bond acceptors (Lipinski definition) is 3. The number of nitrogens with one attached hydrogen (secondary N) is 1. The molecule has 0 aliphatic carbocycles. The van der Waals surface area contributed by atoms with E-state index in [-0.39, 0.29) is 11.4 Å². The van der Waals surface area contributed by atoms with Crippen molar-refractivity contribution >= 4 is 41.9 Å². The lowest BCUT2D eigenvalue weighted by molar-refractivity contribution is 0.560. The fourth-order valence-electron chi connectivity index (χ4n) is 1.64. The second kappa shape index (κ2) is 6.38. The summed E-state index contributed by atoms with van der Waals surface area (Å²) < 4.78 is 30.0. The second-order valence-corrected chi connectivity index (χ2v) is 7.64. The van der Waals surface area contributed by atoms with Crippen molar-refractivity contribution in [1.29, 1.82) is 0 Å². The maximum atomic E-state index is 12.3. The standard InChI is InChI=1S/C12H13Br2N3O2S/c1-9-7-11(14)12(8-10(9)13)20(18,19)16-4-6-17-5-2-3-15-17/h2-3,5,7-8,16H,4,6H2,1H3. The summed E-state index contributed by atoms with van der Waals surface area (Å²) in [6, 6.07) is 5.16. The highest BCUT2D eigenvalue weighted by molar-refractivity contribution is 9.11. The second-order valence-electron chi connectivity index (χ2n) is 4.20. The first kappa shape index (κ1) is 15.7. The summed E-state index contributed by atoms with van der Waals surface area (Å²) in [5, 5.41) is 4.02. The lowest BCUT2D eigenvalue weighted by Gasteiger charge is -2.10. The third kappa shape index (κ3) is 3.69. The zero-order valence-corrected chi connectivity index (χ0v) is 14.7. The molecule has 108 valence electrons. The van der Waals surface area contributed by atoms with E-state index >= 15 is 0 Å². The third-order valence-electron chi connectivity index (χ3n) is 2.69. The molecule has 8 heteroatoms. The Morgan fingerprint density at radius 3 is 2.70 bits per heavy atom. The van der Waals surface area contributed by atoms with Gasteiger partial charge in [-0.05, 0) is 46.6 Å². The van der Waals surface area contributed by atoms with Gasteiger partial charge in [0.2, 0.25) is 10.0 Å². The van der Waals surface area contributed by atoms with Gasteiger partial charge in [-0.3, -0.25) is 4.68 Å². The van der Waals surface area contributed by atoms with E-state index in [2.05, 4.69) is 41.7 Å². The van der Waals surface area contributed by atoms with E-state index in [0.29, 0.717) is 11.0 Å². The van der Waals surface area contributed by atoms with Crippen LogP contribution >= 0.6 is 31.9 Å². The van der Waals surface area contributed by atoms with Crippen LogP contribution in [0.3, 0.4) is 0 Å². The van der Waals surface area contributed by atoms with E-state index in [1.807, 2.05) is 6.92 Å². The van der Waals surface area contributed by atoms with E-state index in [1.165, 1.54) is 0 Å². The summed E-state index contributed by atoms with van der Waals surface area (Å²) in [7, 11) is -3.55. The number of aromatic nitrogens is 2. The fourth-order valence-corrected chi connectivity index (χ4v) is 4.34. The molecule has 0 fully saturated rings. The zero-order valence-electron chi connectivity index (χ0n) is 10.7. The van der Waals surface area contributed by atoms with Gasteiger partial charge in [-0.2, -0.15) is 5.10 Å². The Balaban J connectivity index is 2.12. The van der Waals surface area contributed by atoms with E-state index in [9.17, 15) is 8.42 Å². The van der Waals surface area contributed by atoms with Crippen LogP contribution in [0.2, 0.25) is 0 Å². The molecule has 0 aliphatic rings.